The van der Waals surface area contributed by atoms with E-state index in [1.54, 1.807) is 23.1 Å². The first-order valence-corrected chi connectivity index (χ1v) is 9.18. The fourth-order valence-corrected chi connectivity index (χ4v) is 3.22. The van der Waals surface area contributed by atoms with Crippen LogP contribution in [0.4, 0.5) is 5.82 Å². The van der Waals surface area contributed by atoms with Gasteiger partial charge in [0, 0.05) is 56.9 Å². The number of hydrogen-bond acceptors (Lipinski definition) is 6. The maximum atomic E-state index is 4.44. The van der Waals surface area contributed by atoms with Gasteiger partial charge < -0.3 is 4.90 Å². The molecule has 0 radical (unpaired) electrons. The number of halogens is 1. The Hall–Kier alpha value is -2.77. The van der Waals surface area contributed by atoms with Gasteiger partial charge in [-0.05, 0) is 25.1 Å². The zero-order valence-corrected chi connectivity index (χ0v) is 16.7. The molecule has 0 saturated carbocycles. The van der Waals surface area contributed by atoms with Gasteiger partial charge >= 0.3 is 0 Å². The standard InChI is InChI=1S/C20H23N7.ClH/c1-17-18(16-24-27(17)20-22-9-5-10-23-20)6-4-11-25-12-14-26(15-13-25)19-7-2-3-8-21-19;/h2-10,16H,11-15H2,1H3;1H. The van der Waals surface area contributed by atoms with Crippen molar-refractivity contribution in [2.45, 2.75) is 6.92 Å². The predicted molar refractivity (Wildman–Crippen MR) is 113 cm³/mol. The topological polar surface area (TPSA) is 63.0 Å². The number of pyridine rings is 1. The van der Waals surface area contributed by atoms with Gasteiger partial charge in [-0.3, -0.25) is 4.90 Å². The summed E-state index contributed by atoms with van der Waals surface area (Å²) >= 11 is 0. The molecule has 0 N–H and O–H groups in total. The highest BCUT2D eigenvalue weighted by atomic mass is 35.5. The lowest BCUT2D eigenvalue weighted by atomic mass is 10.2. The first kappa shape index (κ1) is 20.0. The van der Waals surface area contributed by atoms with Gasteiger partial charge in [0.05, 0.1) is 11.9 Å². The highest BCUT2D eigenvalue weighted by Gasteiger charge is 2.16. The number of nitrogens with zero attached hydrogens (tertiary/aromatic N) is 7. The van der Waals surface area contributed by atoms with Gasteiger partial charge in [-0.25, -0.2) is 19.6 Å². The molecule has 0 bridgehead atoms. The first-order chi connectivity index (χ1) is 13.3. The van der Waals surface area contributed by atoms with Crippen molar-refractivity contribution in [2.75, 3.05) is 37.6 Å². The predicted octanol–water partition coefficient (Wildman–Crippen LogP) is 2.62. The summed E-state index contributed by atoms with van der Waals surface area (Å²) in [4.78, 5) is 17.7. The van der Waals surface area contributed by atoms with Crippen LogP contribution in [-0.4, -0.2) is 62.4 Å². The minimum atomic E-state index is 0. The summed E-state index contributed by atoms with van der Waals surface area (Å²) in [5.41, 5.74) is 2.13. The summed E-state index contributed by atoms with van der Waals surface area (Å²) in [6.45, 7) is 7.06. The van der Waals surface area contributed by atoms with Crippen LogP contribution in [0.2, 0.25) is 0 Å². The molecular formula is C20H24ClN7. The van der Waals surface area contributed by atoms with Gasteiger partial charge in [-0.1, -0.05) is 18.2 Å². The Morgan fingerprint density at radius 3 is 2.43 bits per heavy atom. The second-order valence-corrected chi connectivity index (χ2v) is 6.52. The molecule has 3 aromatic rings. The number of hydrogen-bond donors (Lipinski definition) is 0. The minimum absolute atomic E-state index is 0. The second-order valence-electron chi connectivity index (χ2n) is 6.52. The molecule has 0 aromatic carbocycles. The summed E-state index contributed by atoms with van der Waals surface area (Å²) in [6, 6.07) is 7.88. The van der Waals surface area contributed by atoms with Crippen molar-refractivity contribution in [3.8, 4) is 5.95 Å². The van der Waals surface area contributed by atoms with Crippen LogP contribution < -0.4 is 4.90 Å². The van der Waals surface area contributed by atoms with E-state index in [0.29, 0.717) is 5.95 Å². The van der Waals surface area contributed by atoms with E-state index in [-0.39, 0.29) is 12.4 Å². The molecule has 28 heavy (non-hydrogen) atoms. The molecule has 0 atom stereocenters. The van der Waals surface area contributed by atoms with E-state index < -0.39 is 0 Å². The van der Waals surface area contributed by atoms with E-state index in [1.807, 2.05) is 31.5 Å². The van der Waals surface area contributed by atoms with E-state index >= 15 is 0 Å². The molecule has 1 aliphatic heterocycles. The fraction of sp³-hybridized carbons (Fsp3) is 0.300. The average Bonchev–Trinajstić information content (AvgIpc) is 3.10. The number of aromatic nitrogens is 5. The van der Waals surface area contributed by atoms with E-state index in [1.165, 1.54) is 0 Å². The molecule has 1 saturated heterocycles. The third kappa shape index (κ3) is 4.55. The SMILES string of the molecule is Cc1c(C=CCN2CCN(c3ccccn3)CC2)cnn1-c1ncccn1.Cl. The molecule has 3 aromatic heterocycles. The third-order valence-corrected chi connectivity index (χ3v) is 4.80. The number of rotatable bonds is 5. The van der Waals surface area contributed by atoms with Crippen LogP contribution in [0.25, 0.3) is 12.0 Å². The van der Waals surface area contributed by atoms with Gasteiger partial charge in [0.25, 0.3) is 5.95 Å². The van der Waals surface area contributed by atoms with Crippen LogP contribution in [0, 0.1) is 6.92 Å². The van der Waals surface area contributed by atoms with Crippen molar-refractivity contribution >= 4 is 24.3 Å². The maximum absolute atomic E-state index is 4.44. The first-order valence-electron chi connectivity index (χ1n) is 9.18. The van der Waals surface area contributed by atoms with Gasteiger partial charge in [0.1, 0.15) is 5.82 Å². The second kappa shape index (κ2) is 9.43. The van der Waals surface area contributed by atoms with Crippen molar-refractivity contribution in [2.24, 2.45) is 0 Å². The Labute approximate surface area is 171 Å². The molecule has 7 nitrogen and oxygen atoms in total. The van der Waals surface area contributed by atoms with Crippen LogP contribution in [0.1, 0.15) is 11.3 Å². The summed E-state index contributed by atoms with van der Waals surface area (Å²) in [5.74, 6) is 1.67. The van der Waals surface area contributed by atoms with Crippen LogP contribution in [-0.2, 0) is 0 Å². The highest BCUT2D eigenvalue weighted by molar-refractivity contribution is 5.85. The molecule has 0 unspecified atom stereocenters. The lowest BCUT2D eigenvalue weighted by Crippen LogP contribution is -2.46. The van der Waals surface area contributed by atoms with Gasteiger partial charge in [0.15, 0.2) is 0 Å². The Kier molecular flexibility index (Phi) is 6.73. The lowest BCUT2D eigenvalue weighted by molar-refractivity contribution is 0.283. The molecule has 0 aliphatic carbocycles. The largest absolute Gasteiger partial charge is 0.354 e. The molecule has 0 spiro atoms. The zero-order chi connectivity index (χ0) is 18.5. The van der Waals surface area contributed by atoms with Gasteiger partial charge in [-0.15, -0.1) is 12.4 Å². The van der Waals surface area contributed by atoms with Crippen molar-refractivity contribution in [1.82, 2.24) is 29.6 Å². The Morgan fingerprint density at radius 2 is 1.71 bits per heavy atom. The molecule has 4 heterocycles. The van der Waals surface area contributed by atoms with Crippen molar-refractivity contribution < 1.29 is 0 Å². The Bertz CT molecular complexity index is 887. The minimum Gasteiger partial charge on any atom is -0.354 e. The van der Waals surface area contributed by atoms with Crippen LogP contribution in [0.3, 0.4) is 0 Å². The van der Waals surface area contributed by atoms with Gasteiger partial charge in [0.2, 0.25) is 0 Å². The number of piperazine rings is 1. The molecule has 146 valence electrons. The molecule has 1 aliphatic rings. The van der Waals surface area contributed by atoms with E-state index in [0.717, 1.165) is 49.8 Å². The van der Waals surface area contributed by atoms with E-state index in [4.69, 9.17) is 0 Å². The van der Waals surface area contributed by atoms with Crippen LogP contribution in [0.5, 0.6) is 0 Å². The summed E-state index contributed by atoms with van der Waals surface area (Å²) in [5, 5.41) is 4.41. The summed E-state index contributed by atoms with van der Waals surface area (Å²) in [7, 11) is 0. The molecule has 4 rings (SSSR count). The quantitative estimate of drug-likeness (QED) is 0.659. The maximum Gasteiger partial charge on any atom is 0.250 e. The lowest BCUT2D eigenvalue weighted by Gasteiger charge is -2.34. The Morgan fingerprint density at radius 1 is 0.964 bits per heavy atom. The van der Waals surface area contributed by atoms with Crippen LogP contribution >= 0.6 is 12.4 Å². The van der Waals surface area contributed by atoms with E-state index in [2.05, 4.69) is 48.1 Å². The van der Waals surface area contributed by atoms with Crippen LogP contribution in [0.15, 0.2) is 55.1 Å². The highest BCUT2D eigenvalue weighted by Crippen LogP contribution is 2.14. The normalized spacial score (nSPS) is 15.0. The molecule has 0 amide bonds. The van der Waals surface area contributed by atoms with Crippen molar-refractivity contribution in [3.63, 3.8) is 0 Å². The summed E-state index contributed by atoms with van der Waals surface area (Å²) < 4.78 is 1.77. The van der Waals surface area contributed by atoms with Gasteiger partial charge in [-0.2, -0.15) is 5.10 Å². The third-order valence-electron chi connectivity index (χ3n) is 4.80. The van der Waals surface area contributed by atoms with Crippen molar-refractivity contribution in [3.05, 3.63) is 66.4 Å². The zero-order valence-electron chi connectivity index (χ0n) is 15.8. The fourth-order valence-electron chi connectivity index (χ4n) is 3.22. The smallest absolute Gasteiger partial charge is 0.250 e. The number of anilines is 1. The van der Waals surface area contributed by atoms with Crippen molar-refractivity contribution in [1.29, 1.82) is 0 Å². The average molecular weight is 398 g/mol. The molecule has 8 heteroatoms. The summed E-state index contributed by atoms with van der Waals surface area (Å²) in [6.07, 6.45) is 11.5. The molecular weight excluding hydrogens is 374 g/mol. The van der Waals surface area contributed by atoms with E-state index in [9.17, 15) is 0 Å². The molecule has 1 fully saturated rings. The monoisotopic (exact) mass is 397 g/mol. The Balaban J connectivity index is 0.00000225.